The van der Waals surface area contributed by atoms with E-state index in [1.165, 1.54) is 64.2 Å². The van der Waals surface area contributed by atoms with Gasteiger partial charge in [0, 0.05) is 17.0 Å². The van der Waals surface area contributed by atoms with Crippen LogP contribution in [0.4, 0.5) is 0 Å². The molecule has 3 heteroatoms. The van der Waals surface area contributed by atoms with Gasteiger partial charge in [-0.05, 0) is 63.5 Å². The molecule has 1 heterocycles. The van der Waals surface area contributed by atoms with E-state index in [9.17, 15) is 5.11 Å². The maximum absolute atomic E-state index is 10.7. The Labute approximate surface area is 158 Å². The van der Waals surface area contributed by atoms with E-state index in [1.807, 2.05) is 13.8 Å². The molecule has 1 aromatic carbocycles. The van der Waals surface area contributed by atoms with Crippen LogP contribution in [0.15, 0.2) is 0 Å². The van der Waals surface area contributed by atoms with Crippen LogP contribution in [-0.2, 0) is 4.74 Å². The summed E-state index contributed by atoms with van der Waals surface area (Å²) in [5.74, 6) is 2.50. The molecule has 4 rings (SSSR count). The summed E-state index contributed by atoms with van der Waals surface area (Å²) in [5, 5.41) is 10.7. The molecule has 3 nitrogen and oxygen atoms in total. The third-order valence-electron chi connectivity index (χ3n) is 7.17. The van der Waals surface area contributed by atoms with Gasteiger partial charge in [-0.15, -0.1) is 0 Å². The second-order valence-electron chi connectivity index (χ2n) is 8.81. The Morgan fingerprint density at radius 2 is 1.31 bits per heavy atom. The van der Waals surface area contributed by atoms with Crippen molar-refractivity contribution in [2.24, 2.45) is 11.8 Å². The lowest BCUT2D eigenvalue weighted by molar-refractivity contribution is -0.191. The monoisotopic (exact) mass is 358 g/mol. The highest BCUT2D eigenvalue weighted by molar-refractivity contribution is 5.58. The molecule has 0 unspecified atom stereocenters. The Hall–Kier alpha value is -1.22. The summed E-state index contributed by atoms with van der Waals surface area (Å²) in [6.07, 6.45) is 12.7. The van der Waals surface area contributed by atoms with Crippen LogP contribution >= 0.6 is 0 Å². The Morgan fingerprint density at radius 3 is 1.92 bits per heavy atom. The summed E-state index contributed by atoms with van der Waals surface area (Å²) in [5.41, 5.74) is 4.13. The molecule has 0 radical (unpaired) electrons. The molecule has 2 aliphatic carbocycles. The van der Waals surface area contributed by atoms with Crippen molar-refractivity contribution in [2.45, 2.75) is 97.4 Å². The van der Waals surface area contributed by atoms with Gasteiger partial charge >= 0.3 is 0 Å². The van der Waals surface area contributed by atoms with Crippen molar-refractivity contribution in [2.75, 3.05) is 0 Å². The van der Waals surface area contributed by atoms with E-state index < -0.39 is 0 Å². The van der Waals surface area contributed by atoms with Crippen molar-refractivity contribution in [3.63, 3.8) is 0 Å². The molecule has 1 aromatic rings. The van der Waals surface area contributed by atoms with Crippen LogP contribution in [0.2, 0.25) is 0 Å². The second-order valence-corrected chi connectivity index (χ2v) is 8.81. The molecule has 1 N–H and O–H groups in total. The Bertz CT molecular complexity index is 654. The zero-order valence-corrected chi connectivity index (χ0v) is 16.6. The van der Waals surface area contributed by atoms with E-state index in [2.05, 4.69) is 6.92 Å². The number of phenolic OH excluding ortho intramolecular Hbond substituents is 1. The number of fused-ring (bicyclic) bond motifs is 1. The fraction of sp³-hybridized carbons (Fsp3) is 0.739. The largest absolute Gasteiger partial charge is 0.507 e. The lowest BCUT2D eigenvalue weighted by atomic mass is 9.79. The van der Waals surface area contributed by atoms with Gasteiger partial charge in [-0.25, -0.2) is 0 Å². The number of phenols is 1. The molecule has 0 spiro atoms. The minimum absolute atomic E-state index is 0.0798. The van der Waals surface area contributed by atoms with Gasteiger partial charge in [0.2, 0.25) is 6.29 Å². The highest BCUT2D eigenvalue weighted by Gasteiger charge is 2.41. The highest BCUT2D eigenvalue weighted by atomic mass is 16.7. The standard InChI is InChI=1S/C23H34O3/c1-14-15(2)21-19(16(3)20(14)24)22(17-10-6-4-7-11-17)26-23(25-21)18-12-8-5-9-13-18/h17-18,22-24H,4-13H2,1-3H3/t22-,23+/m1/s1. The lowest BCUT2D eigenvalue weighted by Crippen LogP contribution is -2.39. The molecular weight excluding hydrogens is 324 g/mol. The molecule has 3 aliphatic rings. The first-order valence-electron chi connectivity index (χ1n) is 10.7. The predicted octanol–water partition coefficient (Wildman–Crippen LogP) is 6.25. The van der Waals surface area contributed by atoms with E-state index in [1.54, 1.807) is 0 Å². The molecule has 144 valence electrons. The molecule has 0 aromatic heterocycles. The van der Waals surface area contributed by atoms with E-state index in [4.69, 9.17) is 9.47 Å². The topological polar surface area (TPSA) is 38.7 Å². The van der Waals surface area contributed by atoms with Crippen LogP contribution < -0.4 is 4.74 Å². The van der Waals surface area contributed by atoms with Crippen molar-refractivity contribution in [3.8, 4) is 11.5 Å². The van der Waals surface area contributed by atoms with Crippen molar-refractivity contribution >= 4 is 0 Å². The molecule has 0 amide bonds. The van der Waals surface area contributed by atoms with Crippen LogP contribution in [0.25, 0.3) is 0 Å². The molecular formula is C23H34O3. The average molecular weight is 359 g/mol. The second kappa shape index (κ2) is 7.42. The van der Waals surface area contributed by atoms with Crippen molar-refractivity contribution in [3.05, 3.63) is 22.3 Å². The van der Waals surface area contributed by atoms with Gasteiger partial charge in [0.05, 0.1) is 6.10 Å². The van der Waals surface area contributed by atoms with Crippen LogP contribution in [0.5, 0.6) is 11.5 Å². The van der Waals surface area contributed by atoms with Gasteiger partial charge in [-0.3, -0.25) is 0 Å². The molecule has 2 atom stereocenters. The van der Waals surface area contributed by atoms with Gasteiger partial charge in [0.25, 0.3) is 0 Å². The molecule has 0 bridgehead atoms. The van der Waals surface area contributed by atoms with E-state index in [0.29, 0.717) is 17.6 Å². The number of benzene rings is 1. The van der Waals surface area contributed by atoms with Gasteiger partial charge in [0.1, 0.15) is 11.5 Å². The molecule has 2 saturated carbocycles. The van der Waals surface area contributed by atoms with Crippen LogP contribution in [0, 0.1) is 32.6 Å². The maximum Gasteiger partial charge on any atom is 0.203 e. The summed E-state index contributed by atoms with van der Waals surface area (Å²) in [6, 6.07) is 0. The smallest absolute Gasteiger partial charge is 0.203 e. The number of ether oxygens (including phenoxy) is 2. The Balaban J connectivity index is 1.75. The lowest BCUT2D eigenvalue weighted by Gasteiger charge is -2.43. The van der Waals surface area contributed by atoms with Crippen LogP contribution in [0.1, 0.15) is 92.6 Å². The van der Waals surface area contributed by atoms with Crippen LogP contribution in [-0.4, -0.2) is 11.4 Å². The molecule has 0 saturated heterocycles. The number of hydrogen-bond donors (Lipinski definition) is 1. The summed E-state index contributed by atoms with van der Waals surface area (Å²) >= 11 is 0. The quantitative estimate of drug-likeness (QED) is 0.678. The Kier molecular flexibility index (Phi) is 5.18. The Morgan fingerprint density at radius 1 is 0.731 bits per heavy atom. The molecule has 1 aliphatic heterocycles. The number of hydrogen-bond acceptors (Lipinski definition) is 3. The first-order chi connectivity index (χ1) is 12.6. The van der Waals surface area contributed by atoms with Crippen LogP contribution in [0.3, 0.4) is 0 Å². The first-order valence-corrected chi connectivity index (χ1v) is 10.7. The number of aromatic hydroxyl groups is 1. The van der Waals surface area contributed by atoms with E-state index >= 15 is 0 Å². The summed E-state index contributed by atoms with van der Waals surface area (Å²) < 4.78 is 13.2. The maximum atomic E-state index is 10.7. The number of rotatable bonds is 2. The normalized spacial score (nSPS) is 27.8. The third kappa shape index (κ3) is 3.13. The highest BCUT2D eigenvalue weighted by Crippen LogP contribution is 2.51. The van der Waals surface area contributed by atoms with Crippen molar-refractivity contribution in [1.29, 1.82) is 0 Å². The van der Waals surface area contributed by atoms with Crippen molar-refractivity contribution in [1.82, 2.24) is 0 Å². The predicted molar refractivity (Wildman–Crippen MR) is 104 cm³/mol. The minimum Gasteiger partial charge on any atom is -0.507 e. The summed E-state index contributed by atoms with van der Waals surface area (Å²) in [4.78, 5) is 0. The zero-order chi connectivity index (χ0) is 18.3. The fourth-order valence-electron chi connectivity index (χ4n) is 5.38. The van der Waals surface area contributed by atoms with Gasteiger partial charge in [-0.2, -0.15) is 0 Å². The van der Waals surface area contributed by atoms with E-state index in [0.717, 1.165) is 28.0 Å². The van der Waals surface area contributed by atoms with Crippen molar-refractivity contribution < 1.29 is 14.6 Å². The first kappa shape index (κ1) is 18.2. The average Bonchev–Trinajstić information content (AvgIpc) is 2.71. The van der Waals surface area contributed by atoms with Gasteiger partial charge in [0.15, 0.2) is 0 Å². The van der Waals surface area contributed by atoms with Gasteiger partial charge < -0.3 is 14.6 Å². The SMILES string of the molecule is Cc1c(C)c2c(c(C)c1O)[C@@H](C1CCCCC1)O[C@@H](C1CCCCC1)O2. The summed E-state index contributed by atoms with van der Waals surface area (Å²) in [7, 11) is 0. The minimum atomic E-state index is -0.114. The van der Waals surface area contributed by atoms with E-state index in [-0.39, 0.29) is 12.4 Å². The third-order valence-corrected chi connectivity index (χ3v) is 7.17. The zero-order valence-electron chi connectivity index (χ0n) is 16.6. The molecule has 26 heavy (non-hydrogen) atoms. The summed E-state index contributed by atoms with van der Waals surface area (Å²) in [6.45, 7) is 6.13. The fourth-order valence-corrected chi connectivity index (χ4v) is 5.38. The molecule has 2 fully saturated rings. The van der Waals surface area contributed by atoms with Gasteiger partial charge in [-0.1, -0.05) is 38.5 Å².